The lowest BCUT2D eigenvalue weighted by atomic mass is 10.1. The number of carbonyl (C=O) groups excluding carboxylic acids is 1. The molecule has 0 radical (unpaired) electrons. The fourth-order valence-corrected chi connectivity index (χ4v) is 2.91. The van der Waals surface area contributed by atoms with E-state index in [1.165, 1.54) is 0 Å². The highest BCUT2D eigenvalue weighted by molar-refractivity contribution is 5.76. The maximum absolute atomic E-state index is 12.5. The van der Waals surface area contributed by atoms with Gasteiger partial charge in [-0.3, -0.25) is 4.79 Å². The fourth-order valence-electron chi connectivity index (χ4n) is 2.91. The van der Waals surface area contributed by atoms with E-state index in [2.05, 4.69) is 10.2 Å². The van der Waals surface area contributed by atoms with Gasteiger partial charge >= 0.3 is 0 Å². The van der Waals surface area contributed by atoms with E-state index in [4.69, 9.17) is 13.9 Å². The third kappa shape index (κ3) is 5.13. The molecule has 7 heteroatoms. The highest BCUT2D eigenvalue weighted by Gasteiger charge is 2.14. The molecule has 3 rings (SSSR count). The predicted molar refractivity (Wildman–Crippen MR) is 109 cm³/mol. The second-order valence-corrected chi connectivity index (χ2v) is 6.81. The number of methoxy groups -OCH3 is 2. The zero-order valence-electron chi connectivity index (χ0n) is 17.1. The molecule has 0 aliphatic heterocycles. The van der Waals surface area contributed by atoms with Gasteiger partial charge in [0.15, 0.2) is 11.5 Å². The first kappa shape index (κ1) is 20.4. The zero-order chi connectivity index (χ0) is 20.8. The summed E-state index contributed by atoms with van der Waals surface area (Å²) in [5.41, 5.74) is 2.99. The SMILES string of the molecule is COc1ccc(CN(C)C(=O)CCc2nnc(-c3ccc(C)cc3)o2)cc1OC. The first-order valence-corrected chi connectivity index (χ1v) is 9.34. The lowest BCUT2D eigenvalue weighted by molar-refractivity contribution is -0.130. The smallest absolute Gasteiger partial charge is 0.247 e. The highest BCUT2D eigenvalue weighted by Crippen LogP contribution is 2.28. The molecule has 0 N–H and O–H groups in total. The molecule has 0 saturated carbocycles. The summed E-state index contributed by atoms with van der Waals surface area (Å²) in [5.74, 6) is 2.21. The average molecular weight is 395 g/mol. The van der Waals surface area contributed by atoms with Gasteiger partial charge in [-0.2, -0.15) is 0 Å². The van der Waals surface area contributed by atoms with Crippen molar-refractivity contribution < 1.29 is 18.7 Å². The van der Waals surface area contributed by atoms with Gasteiger partial charge in [-0.25, -0.2) is 0 Å². The summed E-state index contributed by atoms with van der Waals surface area (Å²) in [6.07, 6.45) is 0.688. The number of benzene rings is 2. The number of aromatic nitrogens is 2. The van der Waals surface area contributed by atoms with Crippen LogP contribution in [0.4, 0.5) is 0 Å². The Morgan fingerprint density at radius 1 is 1.03 bits per heavy atom. The first-order chi connectivity index (χ1) is 14.0. The Bertz CT molecular complexity index is 966. The molecule has 7 nitrogen and oxygen atoms in total. The Kier molecular flexibility index (Phi) is 6.49. The number of nitrogens with zero attached hydrogens (tertiary/aromatic N) is 3. The molecule has 1 amide bonds. The Morgan fingerprint density at radius 2 is 1.76 bits per heavy atom. The number of ether oxygens (including phenoxy) is 2. The average Bonchev–Trinajstić information content (AvgIpc) is 3.21. The van der Waals surface area contributed by atoms with Gasteiger partial charge in [-0.05, 0) is 36.8 Å². The molecule has 0 spiro atoms. The summed E-state index contributed by atoms with van der Waals surface area (Å²) in [7, 11) is 4.95. The monoisotopic (exact) mass is 395 g/mol. The van der Waals surface area contributed by atoms with Crippen molar-refractivity contribution in [1.29, 1.82) is 0 Å². The maximum atomic E-state index is 12.5. The number of rotatable bonds is 8. The quantitative estimate of drug-likeness (QED) is 0.579. The molecule has 0 saturated heterocycles. The van der Waals surface area contributed by atoms with Crippen molar-refractivity contribution in [1.82, 2.24) is 15.1 Å². The van der Waals surface area contributed by atoms with Crippen molar-refractivity contribution in [2.24, 2.45) is 0 Å². The van der Waals surface area contributed by atoms with Crippen molar-refractivity contribution in [2.75, 3.05) is 21.3 Å². The Morgan fingerprint density at radius 3 is 2.45 bits per heavy atom. The molecule has 29 heavy (non-hydrogen) atoms. The van der Waals surface area contributed by atoms with E-state index in [-0.39, 0.29) is 5.91 Å². The van der Waals surface area contributed by atoms with Crippen LogP contribution in [0.3, 0.4) is 0 Å². The van der Waals surface area contributed by atoms with E-state index in [0.29, 0.717) is 42.7 Å². The van der Waals surface area contributed by atoms with Crippen LogP contribution in [0.5, 0.6) is 11.5 Å². The highest BCUT2D eigenvalue weighted by atomic mass is 16.5. The minimum absolute atomic E-state index is 0.00475. The molecular weight excluding hydrogens is 370 g/mol. The van der Waals surface area contributed by atoms with Crippen molar-refractivity contribution in [3.8, 4) is 23.0 Å². The topological polar surface area (TPSA) is 77.7 Å². The van der Waals surface area contributed by atoms with Crippen LogP contribution in [0.15, 0.2) is 46.9 Å². The van der Waals surface area contributed by atoms with E-state index in [0.717, 1.165) is 16.7 Å². The molecule has 0 aliphatic rings. The van der Waals surface area contributed by atoms with Crippen molar-refractivity contribution in [3.05, 3.63) is 59.5 Å². The molecule has 0 aliphatic carbocycles. The molecule has 3 aromatic rings. The fraction of sp³-hybridized carbons (Fsp3) is 0.318. The van der Waals surface area contributed by atoms with Crippen LogP contribution >= 0.6 is 0 Å². The summed E-state index contributed by atoms with van der Waals surface area (Å²) >= 11 is 0. The molecular formula is C22H25N3O4. The first-order valence-electron chi connectivity index (χ1n) is 9.34. The van der Waals surface area contributed by atoms with Crippen LogP contribution in [-0.4, -0.2) is 42.3 Å². The van der Waals surface area contributed by atoms with E-state index in [1.54, 1.807) is 26.2 Å². The molecule has 1 heterocycles. The van der Waals surface area contributed by atoms with Crippen LogP contribution in [-0.2, 0) is 17.8 Å². The van der Waals surface area contributed by atoms with Gasteiger partial charge in [0.2, 0.25) is 17.7 Å². The van der Waals surface area contributed by atoms with Gasteiger partial charge in [0.1, 0.15) is 0 Å². The largest absolute Gasteiger partial charge is 0.493 e. The molecule has 0 atom stereocenters. The van der Waals surface area contributed by atoms with Gasteiger partial charge in [0.25, 0.3) is 0 Å². The van der Waals surface area contributed by atoms with Crippen molar-refractivity contribution in [3.63, 3.8) is 0 Å². The molecule has 2 aromatic carbocycles. The van der Waals surface area contributed by atoms with Crippen LogP contribution in [0.2, 0.25) is 0 Å². The zero-order valence-corrected chi connectivity index (χ0v) is 17.1. The molecule has 152 valence electrons. The van der Waals surface area contributed by atoms with Gasteiger partial charge < -0.3 is 18.8 Å². The van der Waals surface area contributed by atoms with Crippen molar-refractivity contribution in [2.45, 2.75) is 26.3 Å². The maximum Gasteiger partial charge on any atom is 0.247 e. The molecule has 0 fully saturated rings. The second kappa shape index (κ2) is 9.23. The van der Waals surface area contributed by atoms with Crippen LogP contribution in [0.1, 0.15) is 23.4 Å². The molecule has 0 bridgehead atoms. The lowest BCUT2D eigenvalue weighted by Gasteiger charge is -2.18. The Labute approximate surface area is 170 Å². The Balaban J connectivity index is 1.56. The lowest BCUT2D eigenvalue weighted by Crippen LogP contribution is -2.26. The van der Waals surface area contributed by atoms with E-state index in [1.807, 2.05) is 49.4 Å². The third-order valence-electron chi connectivity index (χ3n) is 4.61. The van der Waals surface area contributed by atoms with E-state index < -0.39 is 0 Å². The number of aryl methyl sites for hydroxylation is 2. The second-order valence-electron chi connectivity index (χ2n) is 6.81. The number of hydrogen-bond donors (Lipinski definition) is 0. The van der Waals surface area contributed by atoms with Gasteiger partial charge in [-0.1, -0.05) is 23.8 Å². The normalized spacial score (nSPS) is 10.6. The van der Waals surface area contributed by atoms with Crippen LogP contribution in [0.25, 0.3) is 11.5 Å². The van der Waals surface area contributed by atoms with E-state index >= 15 is 0 Å². The number of amides is 1. The van der Waals surface area contributed by atoms with Crippen LogP contribution in [0, 0.1) is 6.92 Å². The summed E-state index contributed by atoms with van der Waals surface area (Å²) in [6, 6.07) is 13.5. The summed E-state index contributed by atoms with van der Waals surface area (Å²) < 4.78 is 16.2. The third-order valence-corrected chi connectivity index (χ3v) is 4.61. The van der Waals surface area contributed by atoms with Crippen molar-refractivity contribution >= 4 is 5.91 Å². The number of carbonyl (C=O) groups is 1. The minimum atomic E-state index is -0.00475. The van der Waals surface area contributed by atoms with Gasteiger partial charge in [-0.15, -0.1) is 10.2 Å². The molecule has 1 aromatic heterocycles. The van der Waals surface area contributed by atoms with Gasteiger partial charge in [0, 0.05) is 32.0 Å². The summed E-state index contributed by atoms with van der Waals surface area (Å²) in [4.78, 5) is 14.2. The minimum Gasteiger partial charge on any atom is -0.493 e. The summed E-state index contributed by atoms with van der Waals surface area (Å²) in [5, 5.41) is 8.13. The number of hydrogen-bond acceptors (Lipinski definition) is 6. The molecule has 0 unspecified atom stereocenters. The predicted octanol–water partition coefficient (Wildman–Crippen LogP) is 3.65. The standard InChI is InChI=1S/C22H25N3O4/c1-15-5-8-17(9-6-15)22-24-23-20(29-22)11-12-21(26)25(2)14-16-7-10-18(27-3)19(13-16)28-4/h5-10,13H,11-12,14H2,1-4H3. The Hall–Kier alpha value is -3.35. The van der Waals surface area contributed by atoms with E-state index in [9.17, 15) is 4.79 Å². The summed E-state index contributed by atoms with van der Waals surface area (Å²) in [6.45, 7) is 2.49. The van der Waals surface area contributed by atoms with Gasteiger partial charge in [0.05, 0.1) is 14.2 Å². The van der Waals surface area contributed by atoms with Crippen LogP contribution < -0.4 is 9.47 Å².